The molecule has 3 aromatic rings. The van der Waals surface area contributed by atoms with Gasteiger partial charge in [0.05, 0.1) is 24.9 Å². The van der Waals surface area contributed by atoms with Crippen LogP contribution in [0.1, 0.15) is 23.0 Å². The number of carbonyl (C=O) groups excluding carboxylic acids is 1. The minimum atomic E-state index is -0.353. The van der Waals surface area contributed by atoms with Gasteiger partial charge in [0.1, 0.15) is 11.5 Å². The lowest BCUT2D eigenvalue weighted by Crippen LogP contribution is -2.45. The number of aromatic nitrogens is 4. The van der Waals surface area contributed by atoms with Crippen LogP contribution in [0, 0.1) is 19.7 Å². The Hall–Kier alpha value is -3.20. The van der Waals surface area contributed by atoms with Crippen molar-refractivity contribution in [3.63, 3.8) is 0 Å². The Labute approximate surface area is 167 Å². The number of urea groups is 1. The van der Waals surface area contributed by atoms with E-state index >= 15 is 0 Å². The van der Waals surface area contributed by atoms with E-state index in [1.54, 1.807) is 51.8 Å². The third-order valence-electron chi connectivity index (χ3n) is 5.10. The molecule has 0 radical (unpaired) electrons. The number of morpholine rings is 1. The van der Waals surface area contributed by atoms with Crippen molar-refractivity contribution in [1.82, 2.24) is 24.5 Å². The summed E-state index contributed by atoms with van der Waals surface area (Å²) in [5.74, 6) is 0.132. The van der Waals surface area contributed by atoms with Crippen LogP contribution in [0.25, 0.3) is 5.69 Å². The van der Waals surface area contributed by atoms with Crippen LogP contribution in [0.15, 0.2) is 36.5 Å². The molecule has 152 valence electrons. The van der Waals surface area contributed by atoms with Gasteiger partial charge < -0.3 is 9.64 Å². The van der Waals surface area contributed by atoms with E-state index in [4.69, 9.17) is 4.74 Å². The van der Waals surface area contributed by atoms with E-state index in [1.807, 2.05) is 13.8 Å². The fourth-order valence-electron chi connectivity index (χ4n) is 3.74. The number of hydrogen-bond acceptors (Lipinski definition) is 4. The van der Waals surface area contributed by atoms with Crippen LogP contribution < -0.4 is 5.32 Å². The van der Waals surface area contributed by atoms with Crippen molar-refractivity contribution in [2.24, 2.45) is 7.05 Å². The molecule has 4 rings (SSSR count). The summed E-state index contributed by atoms with van der Waals surface area (Å²) >= 11 is 0. The van der Waals surface area contributed by atoms with Gasteiger partial charge in [0, 0.05) is 37.1 Å². The van der Waals surface area contributed by atoms with Gasteiger partial charge in [-0.3, -0.25) is 10.00 Å². The fourth-order valence-corrected chi connectivity index (χ4v) is 3.74. The predicted molar refractivity (Wildman–Crippen MR) is 105 cm³/mol. The fraction of sp³-hybridized carbons (Fsp3) is 0.350. The Bertz CT molecular complexity index is 1040. The van der Waals surface area contributed by atoms with Crippen LogP contribution in [0.2, 0.25) is 0 Å². The Morgan fingerprint density at radius 3 is 2.76 bits per heavy atom. The highest BCUT2D eigenvalue weighted by atomic mass is 19.1. The van der Waals surface area contributed by atoms with E-state index in [0.717, 1.165) is 17.0 Å². The van der Waals surface area contributed by atoms with Gasteiger partial charge in [-0.15, -0.1) is 0 Å². The first-order valence-corrected chi connectivity index (χ1v) is 9.41. The van der Waals surface area contributed by atoms with Crippen LogP contribution in [0.5, 0.6) is 0 Å². The number of para-hydroxylation sites is 1. The van der Waals surface area contributed by atoms with E-state index in [9.17, 15) is 9.18 Å². The van der Waals surface area contributed by atoms with Gasteiger partial charge in [0.15, 0.2) is 5.82 Å². The lowest BCUT2D eigenvalue weighted by molar-refractivity contribution is 0.0143. The second kappa shape index (κ2) is 7.67. The molecule has 1 N–H and O–H groups in total. The Morgan fingerprint density at radius 1 is 1.24 bits per heavy atom. The Kier molecular flexibility index (Phi) is 5.06. The van der Waals surface area contributed by atoms with E-state index in [-0.39, 0.29) is 17.9 Å². The third-order valence-corrected chi connectivity index (χ3v) is 5.10. The van der Waals surface area contributed by atoms with Crippen LogP contribution in [-0.2, 0) is 11.8 Å². The number of anilines is 1. The maximum Gasteiger partial charge on any atom is 0.323 e. The average molecular weight is 398 g/mol. The molecular weight excluding hydrogens is 375 g/mol. The minimum Gasteiger partial charge on any atom is -0.377 e. The second-order valence-corrected chi connectivity index (χ2v) is 7.04. The number of aryl methyl sites for hydroxylation is 2. The normalized spacial score (nSPS) is 16.8. The summed E-state index contributed by atoms with van der Waals surface area (Å²) in [6, 6.07) is 7.65. The Balaban J connectivity index is 1.67. The van der Waals surface area contributed by atoms with Gasteiger partial charge >= 0.3 is 6.03 Å². The van der Waals surface area contributed by atoms with Crippen LogP contribution in [-0.4, -0.2) is 50.3 Å². The predicted octanol–water partition coefficient (Wildman–Crippen LogP) is 2.97. The average Bonchev–Trinajstić information content (AvgIpc) is 3.24. The van der Waals surface area contributed by atoms with E-state index in [1.165, 1.54) is 6.07 Å². The summed E-state index contributed by atoms with van der Waals surface area (Å²) in [5.41, 5.74) is 2.75. The van der Waals surface area contributed by atoms with Gasteiger partial charge in [0.2, 0.25) is 0 Å². The highest BCUT2D eigenvalue weighted by molar-refractivity contribution is 5.88. The SMILES string of the molecule is Cc1nn(-c2ccccc2F)c(C)c1[C@@H]1COCCN1C(=O)Nc1ccn(C)n1. The number of nitrogens with zero attached hydrogens (tertiary/aromatic N) is 5. The van der Waals surface area contributed by atoms with E-state index in [2.05, 4.69) is 15.5 Å². The topological polar surface area (TPSA) is 77.2 Å². The quantitative estimate of drug-likeness (QED) is 0.736. The number of rotatable bonds is 3. The minimum absolute atomic E-state index is 0.255. The molecule has 0 bridgehead atoms. The number of halogens is 1. The van der Waals surface area contributed by atoms with Crippen molar-refractivity contribution in [2.45, 2.75) is 19.9 Å². The standard InChI is InChI=1S/C20H23FN6O2/c1-13-19(14(2)27(23-13)16-7-5-4-6-15(16)21)17-12-29-11-10-26(17)20(28)22-18-8-9-25(3)24-18/h4-9,17H,10-12H2,1-3H3,(H,22,24,28)/t17-/m0/s1. The largest absolute Gasteiger partial charge is 0.377 e. The van der Waals surface area contributed by atoms with Crippen molar-refractivity contribution in [2.75, 3.05) is 25.1 Å². The lowest BCUT2D eigenvalue weighted by Gasteiger charge is -2.35. The van der Waals surface area contributed by atoms with Crippen molar-refractivity contribution >= 4 is 11.8 Å². The first-order chi connectivity index (χ1) is 14.0. The summed E-state index contributed by atoms with van der Waals surface area (Å²) in [5, 5.41) is 11.6. The Morgan fingerprint density at radius 2 is 2.03 bits per heavy atom. The molecule has 9 heteroatoms. The van der Waals surface area contributed by atoms with Crippen molar-refractivity contribution in [1.29, 1.82) is 0 Å². The highest BCUT2D eigenvalue weighted by Crippen LogP contribution is 2.31. The number of hydrogen-bond donors (Lipinski definition) is 1. The number of carbonyl (C=O) groups is 1. The smallest absolute Gasteiger partial charge is 0.323 e. The van der Waals surface area contributed by atoms with Crippen LogP contribution >= 0.6 is 0 Å². The molecule has 1 aromatic carbocycles. The maximum atomic E-state index is 14.3. The molecule has 0 unspecified atom stereocenters. The maximum absolute atomic E-state index is 14.3. The molecular formula is C20H23FN6O2. The molecule has 1 fully saturated rings. The first kappa shape index (κ1) is 19.1. The second-order valence-electron chi connectivity index (χ2n) is 7.04. The summed E-state index contributed by atoms with van der Waals surface area (Å²) in [6.45, 7) is 4.98. The zero-order valence-corrected chi connectivity index (χ0v) is 16.6. The van der Waals surface area contributed by atoms with Crippen LogP contribution in [0.4, 0.5) is 15.0 Å². The summed E-state index contributed by atoms with van der Waals surface area (Å²) in [7, 11) is 1.79. The lowest BCUT2D eigenvalue weighted by atomic mass is 10.0. The molecule has 0 spiro atoms. The monoisotopic (exact) mass is 398 g/mol. The molecule has 29 heavy (non-hydrogen) atoms. The zero-order chi connectivity index (χ0) is 20.5. The molecule has 1 aliphatic heterocycles. The van der Waals surface area contributed by atoms with Crippen molar-refractivity contribution in [3.8, 4) is 5.69 Å². The molecule has 3 heterocycles. The number of nitrogens with one attached hydrogen (secondary N) is 1. The van der Waals surface area contributed by atoms with Gasteiger partial charge in [-0.25, -0.2) is 13.9 Å². The summed E-state index contributed by atoms with van der Waals surface area (Å²) < 4.78 is 23.2. The molecule has 2 aromatic heterocycles. The van der Waals surface area contributed by atoms with Gasteiger partial charge in [-0.1, -0.05) is 12.1 Å². The number of benzene rings is 1. The number of amides is 2. The van der Waals surface area contributed by atoms with Crippen molar-refractivity contribution < 1.29 is 13.9 Å². The third kappa shape index (κ3) is 3.61. The van der Waals surface area contributed by atoms with E-state index in [0.29, 0.717) is 31.3 Å². The first-order valence-electron chi connectivity index (χ1n) is 9.41. The summed E-state index contributed by atoms with van der Waals surface area (Å²) in [6.07, 6.45) is 1.76. The van der Waals surface area contributed by atoms with Crippen molar-refractivity contribution in [3.05, 3.63) is 59.3 Å². The molecule has 2 amide bonds. The zero-order valence-electron chi connectivity index (χ0n) is 16.6. The molecule has 0 aliphatic carbocycles. The highest BCUT2D eigenvalue weighted by Gasteiger charge is 2.33. The molecule has 8 nitrogen and oxygen atoms in total. The van der Waals surface area contributed by atoms with Gasteiger partial charge in [-0.2, -0.15) is 10.2 Å². The summed E-state index contributed by atoms with van der Waals surface area (Å²) in [4.78, 5) is 14.7. The number of ether oxygens (including phenoxy) is 1. The molecule has 1 atom stereocenters. The van der Waals surface area contributed by atoms with Crippen LogP contribution in [0.3, 0.4) is 0 Å². The molecule has 0 saturated carbocycles. The van der Waals surface area contributed by atoms with E-state index < -0.39 is 0 Å². The van der Waals surface area contributed by atoms with Gasteiger partial charge in [-0.05, 0) is 26.0 Å². The van der Waals surface area contributed by atoms with Gasteiger partial charge in [0.25, 0.3) is 0 Å². The molecule has 1 aliphatic rings. The molecule has 1 saturated heterocycles.